The van der Waals surface area contributed by atoms with Gasteiger partial charge in [0, 0.05) is 32.7 Å². The highest BCUT2D eigenvalue weighted by Gasteiger charge is 2.20. The van der Waals surface area contributed by atoms with Gasteiger partial charge in [0.15, 0.2) is 11.4 Å². The number of hydrogen-bond acceptors (Lipinski definition) is 4. The second kappa shape index (κ2) is 10.5. The van der Waals surface area contributed by atoms with E-state index in [4.69, 9.17) is 18.8 Å². The maximum Gasteiger partial charge on any atom is 0.180 e. The van der Waals surface area contributed by atoms with Crippen LogP contribution in [0, 0.1) is 0 Å². The quantitative estimate of drug-likeness (QED) is 0.198. The number of para-hydroxylation sites is 1. The molecule has 3 aromatic heterocycles. The molecule has 0 saturated heterocycles. The maximum atomic E-state index is 6.56. The third-order valence-corrected chi connectivity index (χ3v) is 9.28. The summed E-state index contributed by atoms with van der Waals surface area (Å²) in [5.41, 5.74) is 11.2. The molecule has 0 unspecified atom stereocenters. The zero-order chi connectivity index (χ0) is 31.6. The van der Waals surface area contributed by atoms with Crippen molar-refractivity contribution in [3.8, 4) is 44.9 Å². The molecule has 0 bridgehead atoms. The van der Waals surface area contributed by atoms with Crippen molar-refractivity contribution < 1.29 is 8.83 Å². The molecule has 4 heteroatoms. The maximum absolute atomic E-state index is 6.56. The molecule has 0 N–H and O–H groups in total. The average molecular weight is 615 g/mol. The van der Waals surface area contributed by atoms with Gasteiger partial charge in [-0.1, -0.05) is 115 Å². The van der Waals surface area contributed by atoms with Crippen LogP contribution in [0.5, 0.6) is 0 Å². The highest BCUT2D eigenvalue weighted by atomic mass is 16.3. The minimum absolute atomic E-state index is 0.634. The van der Waals surface area contributed by atoms with E-state index in [9.17, 15) is 0 Å². The van der Waals surface area contributed by atoms with Crippen molar-refractivity contribution in [3.05, 3.63) is 158 Å². The summed E-state index contributed by atoms with van der Waals surface area (Å²) >= 11 is 0. The molecule has 4 nitrogen and oxygen atoms in total. The van der Waals surface area contributed by atoms with Gasteiger partial charge in [0.2, 0.25) is 0 Å². The van der Waals surface area contributed by atoms with E-state index < -0.39 is 0 Å². The predicted molar refractivity (Wildman–Crippen MR) is 196 cm³/mol. The number of benzene rings is 7. The van der Waals surface area contributed by atoms with Gasteiger partial charge in [0.25, 0.3) is 0 Å². The number of rotatable bonds is 4. The number of hydrogen-bond donors (Lipinski definition) is 0. The molecule has 0 saturated carbocycles. The molecule has 7 aromatic carbocycles. The molecule has 224 valence electrons. The van der Waals surface area contributed by atoms with E-state index in [1.54, 1.807) is 0 Å². The largest absolute Gasteiger partial charge is 0.455 e. The fourth-order valence-corrected chi connectivity index (χ4v) is 6.99. The summed E-state index contributed by atoms with van der Waals surface area (Å²) in [4.78, 5) is 10.4. The summed E-state index contributed by atoms with van der Waals surface area (Å²) in [5.74, 6) is 0.634. The molecule has 0 aliphatic heterocycles. The van der Waals surface area contributed by atoms with Crippen LogP contribution in [0.15, 0.2) is 167 Å². The molecule has 0 radical (unpaired) electrons. The van der Waals surface area contributed by atoms with Gasteiger partial charge in [-0.15, -0.1) is 0 Å². The lowest BCUT2D eigenvalue weighted by Crippen LogP contribution is -1.94. The zero-order valence-corrected chi connectivity index (χ0v) is 25.7. The summed E-state index contributed by atoms with van der Waals surface area (Å²) in [5, 5.41) is 5.31. The van der Waals surface area contributed by atoms with Crippen molar-refractivity contribution in [1.82, 2.24) is 9.97 Å². The Morgan fingerprint density at radius 3 is 1.83 bits per heavy atom. The Bertz CT molecular complexity index is 2830. The molecule has 0 spiro atoms. The molecular weight excluding hydrogens is 588 g/mol. The van der Waals surface area contributed by atoms with E-state index in [0.29, 0.717) is 11.4 Å². The van der Waals surface area contributed by atoms with E-state index in [1.807, 2.05) is 30.3 Å². The molecule has 0 fully saturated rings. The van der Waals surface area contributed by atoms with Gasteiger partial charge >= 0.3 is 0 Å². The number of fused-ring (bicyclic) bond motifs is 8. The summed E-state index contributed by atoms with van der Waals surface area (Å²) in [6, 6.07) is 54.5. The van der Waals surface area contributed by atoms with Crippen LogP contribution in [0.2, 0.25) is 0 Å². The third kappa shape index (κ3) is 4.16. The molecule has 0 atom stereocenters. The Labute approximate surface area is 275 Å². The van der Waals surface area contributed by atoms with Crippen molar-refractivity contribution in [1.29, 1.82) is 0 Å². The summed E-state index contributed by atoms with van der Waals surface area (Å²) in [7, 11) is 0. The number of aromatic nitrogens is 2. The monoisotopic (exact) mass is 614 g/mol. The van der Waals surface area contributed by atoms with Crippen LogP contribution in [-0.2, 0) is 0 Å². The molecule has 0 aliphatic rings. The van der Waals surface area contributed by atoms with Gasteiger partial charge in [-0.2, -0.15) is 0 Å². The van der Waals surface area contributed by atoms with E-state index in [1.165, 1.54) is 16.5 Å². The van der Waals surface area contributed by atoms with Gasteiger partial charge in [-0.25, -0.2) is 9.97 Å². The molecule has 10 aromatic rings. The minimum atomic E-state index is 0.634. The second-order valence-electron chi connectivity index (χ2n) is 12.1. The van der Waals surface area contributed by atoms with Gasteiger partial charge in [0.05, 0.1) is 0 Å². The van der Waals surface area contributed by atoms with Crippen LogP contribution in [0.1, 0.15) is 0 Å². The van der Waals surface area contributed by atoms with Crippen LogP contribution in [0.3, 0.4) is 0 Å². The minimum Gasteiger partial charge on any atom is -0.455 e. The molecular formula is C44H26N2O2. The van der Waals surface area contributed by atoms with Crippen molar-refractivity contribution >= 4 is 54.8 Å². The first-order chi connectivity index (χ1) is 23.8. The van der Waals surface area contributed by atoms with Crippen molar-refractivity contribution in [3.63, 3.8) is 0 Å². The lowest BCUT2D eigenvalue weighted by atomic mass is 9.95. The summed E-state index contributed by atoms with van der Waals surface area (Å²) in [6.45, 7) is 0. The van der Waals surface area contributed by atoms with Crippen molar-refractivity contribution in [2.45, 2.75) is 0 Å². The van der Waals surface area contributed by atoms with E-state index in [-0.39, 0.29) is 0 Å². The third-order valence-electron chi connectivity index (χ3n) is 9.28. The fourth-order valence-electron chi connectivity index (χ4n) is 6.99. The first-order valence-electron chi connectivity index (χ1n) is 16.1. The summed E-state index contributed by atoms with van der Waals surface area (Å²) < 4.78 is 13.0. The Balaban J connectivity index is 1.22. The molecule has 0 aliphatic carbocycles. The highest BCUT2D eigenvalue weighted by molar-refractivity contribution is 6.19. The standard InChI is InChI=1S/C44H26N2O2/c1-3-12-27(13-4-1)29-16-11-17-30(24-29)40-43-41(34-20-9-10-21-38(34)48-43)46-44(45-40)31-22-23-39-36(25-31)37-26-35(28-14-5-2-6-15-28)32-18-7-8-19-33(32)42(37)47-39/h1-26H. The van der Waals surface area contributed by atoms with Crippen LogP contribution in [0.25, 0.3) is 99.7 Å². The van der Waals surface area contributed by atoms with Crippen molar-refractivity contribution in [2.75, 3.05) is 0 Å². The van der Waals surface area contributed by atoms with Gasteiger partial charge in [-0.05, 0) is 70.1 Å². The number of furan rings is 2. The van der Waals surface area contributed by atoms with Gasteiger partial charge in [-0.3, -0.25) is 0 Å². The second-order valence-corrected chi connectivity index (χ2v) is 12.1. The first-order valence-corrected chi connectivity index (χ1v) is 16.1. The summed E-state index contributed by atoms with van der Waals surface area (Å²) in [6.07, 6.45) is 0. The molecule has 0 amide bonds. The Kier molecular flexibility index (Phi) is 5.84. The SMILES string of the molecule is c1ccc(-c2cccc(-c3nc(-c4ccc5oc6c7ccccc7c(-c7ccccc7)cc6c5c4)nc4c3oc3ccccc34)c2)cc1. The van der Waals surface area contributed by atoms with Gasteiger partial charge < -0.3 is 8.83 Å². The van der Waals surface area contributed by atoms with Crippen LogP contribution >= 0.6 is 0 Å². The topological polar surface area (TPSA) is 52.1 Å². The van der Waals surface area contributed by atoms with Crippen LogP contribution in [-0.4, -0.2) is 9.97 Å². The van der Waals surface area contributed by atoms with Crippen LogP contribution < -0.4 is 0 Å². The normalized spacial score (nSPS) is 11.8. The Hall–Kier alpha value is -6.52. The predicted octanol–water partition coefficient (Wildman–Crippen LogP) is 12.1. The zero-order valence-electron chi connectivity index (χ0n) is 25.7. The Morgan fingerprint density at radius 1 is 0.354 bits per heavy atom. The average Bonchev–Trinajstić information content (AvgIpc) is 3.73. The molecule has 3 heterocycles. The van der Waals surface area contributed by atoms with Gasteiger partial charge in [0.1, 0.15) is 28.0 Å². The number of nitrogens with zero attached hydrogens (tertiary/aromatic N) is 2. The fraction of sp³-hybridized carbons (Fsp3) is 0. The first kappa shape index (κ1) is 26.7. The van der Waals surface area contributed by atoms with E-state index >= 15 is 0 Å². The van der Waals surface area contributed by atoms with E-state index in [0.717, 1.165) is 71.8 Å². The van der Waals surface area contributed by atoms with E-state index in [2.05, 4.69) is 127 Å². The van der Waals surface area contributed by atoms with Crippen molar-refractivity contribution in [2.24, 2.45) is 0 Å². The molecule has 48 heavy (non-hydrogen) atoms. The van der Waals surface area contributed by atoms with Crippen LogP contribution in [0.4, 0.5) is 0 Å². The molecule has 10 rings (SSSR count). The smallest absolute Gasteiger partial charge is 0.180 e. The lowest BCUT2D eigenvalue weighted by Gasteiger charge is -2.09. The lowest BCUT2D eigenvalue weighted by molar-refractivity contribution is 0.667. The highest BCUT2D eigenvalue weighted by Crippen LogP contribution is 2.42. The Morgan fingerprint density at radius 2 is 1.00 bits per heavy atom.